The number of hydrogen-bond acceptors (Lipinski definition) is 1. The average molecular weight is 426 g/mol. The number of rotatable bonds is 3. The molecule has 0 amide bonds. The number of aromatic nitrogens is 3. The van der Waals surface area contributed by atoms with Crippen LogP contribution in [0.25, 0.3) is 44.8 Å². The summed E-state index contributed by atoms with van der Waals surface area (Å²) in [5.41, 5.74) is 7.62. The summed E-state index contributed by atoms with van der Waals surface area (Å²) in [6.07, 6.45) is 2.02. The molecule has 0 saturated carbocycles. The molecule has 0 aliphatic carbocycles. The summed E-state index contributed by atoms with van der Waals surface area (Å²) >= 11 is 3.58. The van der Waals surface area contributed by atoms with Crippen LogP contribution in [0.3, 0.4) is 0 Å². The quantitative estimate of drug-likeness (QED) is 0.396. The number of imidazole rings is 1. The lowest BCUT2D eigenvalue weighted by Gasteiger charge is -2.03. The van der Waals surface area contributed by atoms with Crippen LogP contribution in [0.15, 0.2) is 83.5 Å². The highest BCUT2D eigenvalue weighted by molar-refractivity contribution is 9.10. The molecule has 5 heteroatoms. The van der Waals surface area contributed by atoms with Gasteiger partial charge in [0, 0.05) is 38.3 Å². The first-order valence-electron chi connectivity index (χ1n) is 9.18. The van der Waals surface area contributed by atoms with Crippen molar-refractivity contribution in [1.82, 2.24) is 15.0 Å². The van der Waals surface area contributed by atoms with Crippen molar-refractivity contribution in [3.63, 3.8) is 0 Å². The van der Waals surface area contributed by atoms with E-state index in [9.17, 15) is 0 Å². The predicted octanol–water partition coefficient (Wildman–Crippen LogP) is 4.91. The van der Waals surface area contributed by atoms with Gasteiger partial charge in [-0.15, -0.1) is 0 Å². The number of aromatic amines is 2. The van der Waals surface area contributed by atoms with Crippen molar-refractivity contribution in [1.29, 1.82) is 0 Å². The zero-order chi connectivity index (χ0) is 19.1. The normalized spacial score (nSPS) is 11.2. The van der Waals surface area contributed by atoms with Crippen LogP contribution in [0.5, 0.6) is 0 Å². The second kappa shape index (κ2) is 6.84. The number of nitrogens with zero attached hydrogens (tertiary/aromatic N) is 1. The van der Waals surface area contributed by atoms with E-state index in [0.29, 0.717) is 0 Å². The van der Waals surface area contributed by atoms with Crippen LogP contribution in [-0.4, -0.2) is 22.8 Å². The lowest BCUT2D eigenvalue weighted by atomic mass is 9.94. The first-order valence-corrected chi connectivity index (χ1v) is 9.98. The summed E-state index contributed by atoms with van der Waals surface area (Å²) in [5, 5.41) is 1.14. The van der Waals surface area contributed by atoms with Crippen LogP contribution in [-0.2, 0) is 0 Å². The van der Waals surface area contributed by atoms with E-state index in [-0.39, 0.29) is 0 Å². The summed E-state index contributed by atoms with van der Waals surface area (Å²) in [6.45, 7) is 0. The van der Waals surface area contributed by atoms with Crippen LogP contribution >= 0.6 is 15.9 Å². The Kier molecular flexibility index (Phi) is 4.17. The van der Waals surface area contributed by atoms with E-state index in [0.717, 1.165) is 49.3 Å². The predicted molar refractivity (Wildman–Crippen MR) is 123 cm³/mol. The molecule has 5 rings (SSSR count). The third-order valence-corrected chi connectivity index (χ3v) is 5.48. The Balaban J connectivity index is 1.73. The molecule has 28 heavy (non-hydrogen) atoms. The number of fused-ring (bicyclic) bond motifs is 1. The molecule has 134 valence electrons. The molecule has 0 unspecified atom stereocenters. The summed E-state index contributed by atoms with van der Waals surface area (Å²) < 4.78 is 1.05. The fourth-order valence-electron chi connectivity index (χ4n) is 3.52. The zero-order valence-corrected chi connectivity index (χ0v) is 16.9. The third-order valence-electron chi connectivity index (χ3n) is 4.99. The summed E-state index contributed by atoms with van der Waals surface area (Å²) in [7, 11) is 2.10. The fourth-order valence-corrected chi connectivity index (χ4v) is 3.88. The molecular weight excluding hydrogens is 409 g/mol. The maximum Gasteiger partial charge on any atom is 0.140 e. The first kappa shape index (κ1) is 17.1. The van der Waals surface area contributed by atoms with E-state index < -0.39 is 0 Å². The molecule has 2 aromatic heterocycles. The highest BCUT2D eigenvalue weighted by Crippen LogP contribution is 2.35. The summed E-state index contributed by atoms with van der Waals surface area (Å²) in [5.74, 6) is 0.860. The van der Waals surface area contributed by atoms with E-state index >= 15 is 0 Å². The van der Waals surface area contributed by atoms with Gasteiger partial charge >= 0.3 is 0 Å². The zero-order valence-electron chi connectivity index (χ0n) is 15.3. The van der Waals surface area contributed by atoms with Crippen LogP contribution in [0.2, 0.25) is 0 Å². The second-order valence-corrected chi connectivity index (χ2v) is 7.85. The maximum atomic E-state index is 5.01. The number of benzene rings is 3. The topological polar surface area (TPSA) is 44.5 Å². The smallest absolute Gasteiger partial charge is 0.140 e. The number of hydrogen-bond donors (Lipinski definition) is 2. The van der Waals surface area contributed by atoms with Gasteiger partial charge < -0.3 is 9.97 Å². The van der Waals surface area contributed by atoms with Crippen molar-refractivity contribution in [3.05, 3.63) is 83.5 Å². The Morgan fingerprint density at radius 3 is 2.43 bits per heavy atom. The van der Waals surface area contributed by atoms with Gasteiger partial charge in [0.15, 0.2) is 0 Å². The molecule has 0 atom stereocenters. The molecular formula is C23H17BBrN3. The molecule has 2 heterocycles. The van der Waals surface area contributed by atoms with Gasteiger partial charge in [0.2, 0.25) is 0 Å². The molecule has 0 fully saturated rings. The van der Waals surface area contributed by atoms with E-state index in [2.05, 4.69) is 82.3 Å². The lowest BCUT2D eigenvalue weighted by molar-refractivity contribution is 1.31. The minimum absolute atomic E-state index is 0.860. The SMILES string of the molecule is Bc1ccc(-c2[nH]c(-c3c[nH]c4ccc(Br)cc34)nc2-c2ccccc2)cc1. The molecule has 5 aromatic rings. The van der Waals surface area contributed by atoms with Crippen LogP contribution in [0, 0.1) is 0 Å². The van der Waals surface area contributed by atoms with Crippen molar-refractivity contribution in [2.45, 2.75) is 0 Å². The molecule has 0 aliphatic heterocycles. The van der Waals surface area contributed by atoms with E-state index in [4.69, 9.17) is 4.98 Å². The molecule has 0 saturated heterocycles. The standard InChI is InChI=1S/C23H17BBrN3/c24-16-8-6-15(7-9-16)22-21(14-4-2-1-3-5-14)27-23(28-22)19-13-26-20-11-10-17(25)12-18(19)20/h1-13,26H,24H2,(H,27,28). The van der Waals surface area contributed by atoms with Crippen LogP contribution < -0.4 is 5.46 Å². The fraction of sp³-hybridized carbons (Fsp3) is 0. The highest BCUT2D eigenvalue weighted by atomic mass is 79.9. The Hall–Kier alpha value is -3.05. The van der Waals surface area contributed by atoms with Crippen molar-refractivity contribution < 1.29 is 0 Å². The second-order valence-electron chi connectivity index (χ2n) is 6.93. The van der Waals surface area contributed by atoms with Gasteiger partial charge in [0.25, 0.3) is 0 Å². The third kappa shape index (κ3) is 2.98. The van der Waals surface area contributed by atoms with Crippen molar-refractivity contribution in [3.8, 4) is 33.9 Å². The highest BCUT2D eigenvalue weighted by Gasteiger charge is 2.17. The Morgan fingerprint density at radius 2 is 1.64 bits per heavy atom. The van der Waals surface area contributed by atoms with Crippen LogP contribution in [0.1, 0.15) is 0 Å². The molecule has 3 nitrogen and oxygen atoms in total. The number of nitrogens with one attached hydrogen (secondary N) is 2. The molecule has 0 spiro atoms. The van der Waals surface area contributed by atoms with Gasteiger partial charge in [-0.25, -0.2) is 4.98 Å². The van der Waals surface area contributed by atoms with Crippen molar-refractivity contribution in [2.75, 3.05) is 0 Å². The Labute approximate surface area is 172 Å². The van der Waals surface area contributed by atoms with Gasteiger partial charge in [0.1, 0.15) is 13.7 Å². The molecule has 2 N–H and O–H groups in total. The van der Waals surface area contributed by atoms with Gasteiger partial charge in [0.05, 0.1) is 11.4 Å². The molecule has 0 aliphatic rings. The van der Waals surface area contributed by atoms with Gasteiger partial charge in [-0.2, -0.15) is 0 Å². The Bertz CT molecular complexity index is 1270. The van der Waals surface area contributed by atoms with Gasteiger partial charge in [-0.3, -0.25) is 0 Å². The van der Waals surface area contributed by atoms with E-state index in [1.807, 2.05) is 30.5 Å². The number of halogens is 1. The molecule has 0 bridgehead atoms. The van der Waals surface area contributed by atoms with E-state index in [1.165, 1.54) is 5.46 Å². The van der Waals surface area contributed by atoms with Crippen molar-refractivity contribution >= 4 is 40.1 Å². The minimum atomic E-state index is 0.860. The van der Waals surface area contributed by atoms with E-state index in [1.54, 1.807) is 0 Å². The average Bonchev–Trinajstić information content (AvgIpc) is 3.33. The minimum Gasteiger partial charge on any atom is -0.360 e. The maximum absolute atomic E-state index is 5.01. The van der Waals surface area contributed by atoms with Crippen molar-refractivity contribution in [2.24, 2.45) is 0 Å². The largest absolute Gasteiger partial charge is 0.360 e. The van der Waals surface area contributed by atoms with Gasteiger partial charge in [-0.05, 0) is 18.2 Å². The first-order chi connectivity index (χ1) is 13.7. The summed E-state index contributed by atoms with van der Waals surface area (Å²) in [6, 6.07) is 25.1. The monoisotopic (exact) mass is 425 g/mol. The Morgan fingerprint density at radius 1 is 0.857 bits per heavy atom. The molecule has 0 radical (unpaired) electrons. The van der Waals surface area contributed by atoms with Crippen LogP contribution in [0.4, 0.5) is 0 Å². The molecule has 3 aromatic carbocycles. The lowest BCUT2D eigenvalue weighted by Crippen LogP contribution is -1.99. The summed E-state index contributed by atoms with van der Waals surface area (Å²) in [4.78, 5) is 11.9. The van der Waals surface area contributed by atoms with Gasteiger partial charge in [-0.1, -0.05) is 76.0 Å². The number of H-pyrrole nitrogens is 2.